The highest BCUT2D eigenvalue weighted by molar-refractivity contribution is 5.75. The second-order valence-electron chi connectivity index (χ2n) is 4.08. The third-order valence-electron chi connectivity index (χ3n) is 2.92. The van der Waals surface area contributed by atoms with Gasteiger partial charge in [-0.25, -0.2) is 0 Å². The van der Waals surface area contributed by atoms with Crippen molar-refractivity contribution in [3.05, 3.63) is 0 Å². The molecule has 1 aliphatic carbocycles. The number of esters is 1. The van der Waals surface area contributed by atoms with Gasteiger partial charge in [0.1, 0.15) is 6.04 Å². The van der Waals surface area contributed by atoms with E-state index in [2.05, 4.69) is 11.8 Å². The van der Waals surface area contributed by atoms with Gasteiger partial charge in [0.15, 0.2) is 0 Å². The lowest BCUT2D eigenvalue weighted by molar-refractivity contribution is -0.147. The molecule has 82 valence electrons. The summed E-state index contributed by atoms with van der Waals surface area (Å²) in [5, 5.41) is 0. The predicted octanol–water partition coefficient (Wildman–Crippen LogP) is 1.81. The van der Waals surface area contributed by atoms with Crippen molar-refractivity contribution in [2.45, 2.75) is 51.1 Å². The molecule has 1 rings (SSSR count). The van der Waals surface area contributed by atoms with Crippen LogP contribution in [-0.2, 0) is 9.53 Å². The van der Waals surface area contributed by atoms with Crippen molar-refractivity contribution in [2.75, 3.05) is 14.2 Å². The van der Waals surface area contributed by atoms with E-state index in [4.69, 9.17) is 4.74 Å². The van der Waals surface area contributed by atoms with Crippen molar-refractivity contribution in [1.29, 1.82) is 0 Å². The molecule has 0 aliphatic heterocycles. The summed E-state index contributed by atoms with van der Waals surface area (Å²) in [6.45, 7) is 2.14. The fraction of sp³-hybridized carbons (Fsp3) is 0.909. The average molecular weight is 199 g/mol. The topological polar surface area (TPSA) is 29.5 Å². The standard InChI is InChI=1S/C11H21NO2/c1-4-5-6-10(11(13)14-3)12(2)9-7-8-9/h9-10H,4-8H2,1-3H3. The molecule has 0 aromatic heterocycles. The monoisotopic (exact) mass is 199 g/mol. The summed E-state index contributed by atoms with van der Waals surface area (Å²) in [7, 11) is 3.51. The van der Waals surface area contributed by atoms with E-state index in [0.717, 1.165) is 19.3 Å². The van der Waals surface area contributed by atoms with Crippen LogP contribution in [0, 0.1) is 0 Å². The fourth-order valence-corrected chi connectivity index (χ4v) is 1.76. The molecular formula is C11H21NO2. The maximum atomic E-state index is 11.5. The lowest BCUT2D eigenvalue weighted by Gasteiger charge is -2.25. The summed E-state index contributed by atoms with van der Waals surface area (Å²) >= 11 is 0. The number of likely N-dealkylation sites (N-methyl/N-ethyl adjacent to an activating group) is 1. The highest BCUT2D eigenvalue weighted by Gasteiger charge is 2.34. The molecule has 0 radical (unpaired) electrons. The van der Waals surface area contributed by atoms with Gasteiger partial charge >= 0.3 is 5.97 Å². The van der Waals surface area contributed by atoms with Crippen LogP contribution in [0.5, 0.6) is 0 Å². The van der Waals surface area contributed by atoms with E-state index in [9.17, 15) is 4.79 Å². The highest BCUT2D eigenvalue weighted by atomic mass is 16.5. The van der Waals surface area contributed by atoms with Crippen molar-refractivity contribution in [1.82, 2.24) is 4.90 Å². The van der Waals surface area contributed by atoms with Crippen molar-refractivity contribution in [3.63, 3.8) is 0 Å². The van der Waals surface area contributed by atoms with E-state index in [-0.39, 0.29) is 12.0 Å². The Morgan fingerprint density at radius 3 is 2.64 bits per heavy atom. The quantitative estimate of drug-likeness (QED) is 0.611. The van der Waals surface area contributed by atoms with Crippen LogP contribution >= 0.6 is 0 Å². The normalized spacial score (nSPS) is 18.3. The van der Waals surface area contributed by atoms with Gasteiger partial charge in [-0.1, -0.05) is 19.8 Å². The van der Waals surface area contributed by atoms with Crippen LogP contribution in [0.3, 0.4) is 0 Å². The Hall–Kier alpha value is -0.570. The minimum Gasteiger partial charge on any atom is -0.468 e. The van der Waals surface area contributed by atoms with Gasteiger partial charge in [0.2, 0.25) is 0 Å². The molecule has 1 aliphatic rings. The molecule has 1 fully saturated rings. The minimum atomic E-state index is -0.0761. The largest absolute Gasteiger partial charge is 0.468 e. The predicted molar refractivity (Wildman–Crippen MR) is 56.1 cm³/mol. The zero-order valence-electron chi connectivity index (χ0n) is 9.45. The summed E-state index contributed by atoms with van der Waals surface area (Å²) < 4.78 is 4.83. The lowest BCUT2D eigenvalue weighted by Crippen LogP contribution is -2.40. The number of rotatable bonds is 6. The molecule has 0 bridgehead atoms. The summed E-state index contributed by atoms with van der Waals surface area (Å²) in [6.07, 6.45) is 5.62. The van der Waals surface area contributed by atoms with Gasteiger partial charge in [0.25, 0.3) is 0 Å². The molecule has 0 aromatic carbocycles. The first-order valence-corrected chi connectivity index (χ1v) is 5.50. The Balaban J connectivity index is 2.45. The fourth-order valence-electron chi connectivity index (χ4n) is 1.76. The van der Waals surface area contributed by atoms with Gasteiger partial charge in [-0.2, -0.15) is 0 Å². The Labute approximate surface area is 86.4 Å². The first-order chi connectivity index (χ1) is 6.70. The average Bonchev–Trinajstić information content (AvgIpc) is 3.00. The number of hydrogen-bond acceptors (Lipinski definition) is 3. The minimum absolute atomic E-state index is 0.0209. The van der Waals surface area contributed by atoms with Gasteiger partial charge in [-0.3, -0.25) is 9.69 Å². The molecule has 14 heavy (non-hydrogen) atoms. The molecule has 0 amide bonds. The number of carbonyl (C=O) groups is 1. The Morgan fingerprint density at radius 2 is 2.21 bits per heavy atom. The Morgan fingerprint density at radius 1 is 1.57 bits per heavy atom. The van der Waals surface area contributed by atoms with Crippen molar-refractivity contribution in [3.8, 4) is 0 Å². The van der Waals surface area contributed by atoms with Crippen LogP contribution in [0.1, 0.15) is 39.0 Å². The Kier molecular flexibility index (Phi) is 4.39. The number of nitrogens with zero attached hydrogens (tertiary/aromatic N) is 1. The molecular weight excluding hydrogens is 178 g/mol. The summed E-state index contributed by atoms with van der Waals surface area (Å²) in [4.78, 5) is 13.7. The maximum Gasteiger partial charge on any atom is 0.323 e. The third-order valence-corrected chi connectivity index (χ3v) is 2.92. The summed E-state index contributed by atoms with van der Waals surface area (Å²) in [5.41, 5.74) is 0. The lowest BCUT2D eigenvalue weighted by atomic mass is 10.1. The van der Waals surface area contributed by atoms with Gasteiger partial charge < -0.3 is 4.74 Å². The van der Waals surface area contributed by atoms with E-state index >= 15 is 0 Å². The second-order valence-corrected chi connectivity index (χ2v) is 4.08. The zero-order chi connectivity index (χ0) is 10.6. The highest BCUT2D eigenvalue weighted by Crippen LogP contribution is 2.28. The molecule has 1 saturated carbocycles. The van der Waals surface area contributed by atoms with Crippen LogP contribution in [0.4, 0.5) is 0 Å². The molecule has 0 heterocycles. The summed E-state index contributed by atoms with van der Waals surface area (Å²) in [5.74, 6) is -0.0761. The van der Waals surface area contributed by atoms with E-state index in [0.29, 0.717) is 6.04 Å². The van der Waals surface area contributed by atoms with E-state index in [1.807, 2.05) is 7.05 Å². The van der Waals surface area contributed by atoms with Gasteiger partial charge in [0.05, 0.1) is 7.11 Å². The first-order valence-electron chi connectivity index (χ1n) is 5.50. The van der Waals surface area contributed by atoms with Crippen LogP contribution < -0.4 is 0 Å². The molecule has 1 unspecified atom stereocenters. The van der Waals surface area contributed by atoms with Crippen molar-refractivity contribution in [2.24, 2.45) is 0 Å². The van der Waals surface area contributed by atoms with E-state index in [1.54, 1.807) is 0 Å². The van der Waals surface area contributed by atoms with Crippen molar-refractivity contribution >= 4 is 5.97 Å². The molecule has 3 nitrogen and oxygen atoms in total. The van der Waals surface area contributed by atoms with E-state index in [1.165, 1.54) is 20.0 Å². The van der Waals surface area contributed by atoms with Crippen LogP contribution in [0.25, 0.3) is 0 Å². The number of unbranched alkanes of at least 4 members (excludes halogenated alkanes) is 1. The third kappa shape index (κ3) is 2.98. The van der Waals surface area contributed by atoms with Crippen LogP contribution in [0.2, 0.25) is 0 Å². The van der Waals surface area contributed by atoms with Gasteiger partial charge in [-0.05, 0) is 26.3 Å². The van der Waals surface area contributed by atoms with Crippen molar-refractivity contribution < 1.29 is 9.53 Å². The number of hydrogen-bond donors (Lipinski definition) is 0. The molecule has 0 spiro atoms. The van der Waals surface area contributed by atoms with Gasteiger partial charge in [0, 0.05) is 6.04 Å². The second kappa shape index (κ2) is 5.35. The maximum absolute atomic E-state index is 11.5. The molecule has 1 atom stereocenters. The molecule has 3 heteroatoms. The number of carbonyl (C=O) groups excluding carboxylic acids is 1. The first kappa shape index (κ1) is 11.5. The van der Waals surface area contributed by atoms with Crippen LogP contribution in [0.15, 0.2) is 0 Å². The van der Waals surface area contributed by atoms with Gasteiger partial charge in [-0.15, -0.1) is 0 Å². The molecule has 0 aromatic rings. The summed E-state index contributed by atoms with van der Waals surface area (Å²) in [6, 6.07) is 0.600. The zero-order valence-corrected chi connectivity index (χ0v) is 9.45. The number of ether oxygens (including phenoxy) is 1. The smallest absolute Gasteiger partial charge is 0.323 e. The van der Waals surface area contributed by atoms with Crippen LogP contribution in [-0.4, -0.2) is 37.1 Å². The molecule has 0 N–H and O–H groups in total. The Bertz CT molecular complexity index is 190. The SMILES string of the molecule is CCCCC(C(=O)OC)N(C)C1CC1. The number of methoxy groups -OCH3 is 1. The molecule has 0 saturated heterocycles. The van der Waals surface area contributed by atoms with E-state index < -0.39 is 0 Å².